The smallest absolute Gasteiger partial charge is 0.223 e. The van der Waals surface area contributed by atoms with E-state index in [1.165, 1.54) is 16.0 Å². The van der Waals surface area contributed by atoms with Gasteiger partial charge in [-0.1, -0.05) is 30.3 Å². The van der Waals surface area contributed by atoms with Crippen molar-refractivity contribution in [2.45, 2.75) is 6.92 Å². The molecule has 4 heteroatoms. The number of nitrogens with zero attached hydrogens (tertiary/aromatic N) is 2. The number of fused-ring (bicyclic) bond motifs is 1. The van der Waals surface area contributed by atoms with Gasteiger partial charge in [-0.2, -0.15) is 0 Å². The van der Waals surface area contributed by atoms with Crippen LogP contribution < -0.4 is 0 Å². The van der Waals surface area contributed by atoms with Gasteiger partial charge in [0.05, 0.1) is 0 Å². The lowest BCUT2D eigenvalue weighted by atomic mass is 10.0. The van der Waals surface area contributed by atoms with E-state index < -0.39 is 0 Å². The van der Waals surface area contributed by atoms with Crippen molar-refractivity contribution in [3.05, 3.63) is 46.7 Å². The van der Waals surface area contributed by atoms with Crippen molar-refractivity contribution in [2.24, 2.45) is 0 Å². The second-order valence-electron chi connectivity index (χ2n) is 3.76. The Kier molecular flexibility index (Phi) is 2.57. The fourth-order valence-corrected chi connectivity index (χ4v) is 3.14. The Morgan fingerprint density at radius 2 is 1.94 bits per heavy atom. The molecule has 17 heavy (non-hydrogen) atoms. The lowest BCUT2D eigenvalue weighted by Crippen LogP contribution is -1.82. The van der Waals surface area contributed by atoms with Crippen LogP contribution in [0, 0.1) is 6.92 Å². The number of rotatable bonds is 1. The molecule has 0 N–H and O–H groups in total. The molecule has 0 aliphatic heterocycles. The first-order chi connectivity index (χ1) is 8.25. The summed E-state index contributed by atoms with van der Waals surface area (Å²) < 4.78 is 0. The Hall–Kier alpha value is -1.45. The van der Waals surface area contributed by atoms with E-state index in [1.54, 1.807) is 17.5 Å². The third-order valence-corrected chi connectivity index (χ3v) is 3.85. The van der Waals surface area contributed by atoms with Gasteiger partial charge >= 0.3 is 0 Å². The molecule has 84 valence electrons. The summed E-state index contributed by atoms with van der Waals surface area (Å²) in [6, 6.07) is 10.3. The molecular weight excluding hydrogens is 252 g/mol. The zero-order valence-corrected chi connectivity index (χ0v) is 10.7. The highest BCUT2D eigenvalue weighted by atomic mass is 35.5. The molecule has 0 aliphatic carbocycles. The molecular formula is C13H9ClN2S. The van der Waals surface area contributed by atoms with Crippen molar-refractivity contribution in [3.63, 3.8) is 0 Å². The average Bonchev–Trinajstić information content (AvgIpc) is 2.65. The molecule has 3 aromatic rings. The van der Waals surface area contributed by atoms with Gasteiger partial charge in [-0.15, -0.1) is 11.3 Å². The van der Waals surface area contributed by atoms with Crippen molar-refractivity contribution >= 4 is 33.2 Å². The molecule has 2 nitrogen and oxygen atoms in total. The van der Waals surface area contributed by atoms with Gasteiger partial charge < -0.3 is 0 Å². The first kappa shape index (κ1) is 10.7. The monoisotopic (exact) mass is 260 g/mol. The number of benzene rings is 1. The molecule has 0 fully saturated rings. The molecule has 0 aliphatic rings. The fraction of sp³-hybridized carbons (Fsp3) is 0.0769. The molecule has 3 rings (SSSR count). The number of halogens is 1. The van der Waals surface area contributed by atoms with Gasteiger partial charge in [0, 0.05) is 22.0 Å². The van der Waals surface area contributed by atoms with E-state index in [0.29, 0.717) is 5.28 Å². The molecule has 0 saturated heterocycles. The first-order valence-electron chi connectivity index (χ1n) is 5.23. The van der Waals surface area contributed by atoms with Gasteiger partial charge in [-0.05, 0) is 24.1 Å². The van der Waals surface area contributed by atoms with Gasteiger partial charge in [-0.3, -0.25) is 0 Å². The van der Waals surface area contributed by atoms with Crippen molar-refractivity contribution < 1.29 is 0 Å². The summed E-state index contributed by atoms with van der Waals surface area (Å²) in [6.07, 6.45) is 1.80. The van der Waals surface area contributed by atoms with Crippen LogP contribution in [0.4, 0.5) is 0 Å². The highest BCUT2D eigenvalue weighted by Crippen LogP contribution is 2.37. The largest absolute Gasteiger partial charge is 0.226 e. The highest BCUT2D eigenvalue weighted by Gasteiger charge is 2.12. The minimum atomic E-state index is 0.304. The minimum Gasteiger partial charge on any atom is -0.226 e. The average molecular weight is 261 g/mol. The SMILES string of the molecule is Cc1sc2nc(Cl)ncc2c1-c1ccccc1. The van der Waals surface area contributed by atoms with Crippen LogP contribution in [0.1, 0.15) is 4.88 Å². The maximum Gasteiger partial charge on any atom is 0.223 e. The normalized spacial score (nSPS) is 10.9. The zero-order valence-electron chi connectivity index (χ0n) is 9.14. The number of aromatic nitrogens is 2. The molecule has 0 spiro atoms. The van der Waals surface area contributed by atoms with Crippen molar-refractivity contribution in [1.29, 1.82) is 0 Å². The molecule has 0 amide bonds. The third kappa shape index (κ3) is 1.81. The number of aryl methyl sites for hydroxylation is 1. The molecule has 2 aromatic heterocycles. The van der Waals surface area contributed by atoms with Crippen LogP contribution in [0.2, 0.25) is 5.28 Å². The minimum absolute atomic E-state index is 0.304. The van der Waals surface area contributed by atoms with Crippen LogP contribution in [0.15, 0.2) is 36.5 Å². The van der Waals surface area contributed by atoms with E-state index in [4.69, 9.17) is 11.6 Å². The Balaban J connectivity index is 2.33. The van der Waals surface area contributed by atoms with E-state index in [9.17, 15) is 0 Å². The predicted molar refractivity (Wildman–Crippen MR) is 72.6 cm³/mol. The van der Waals surface area contributed by atoms with Gasteiger partial charge in [0.1, 0.15) is 4.83 Å². The second kappa shape index (κ2) is 4.09. The maximum absolute atomic E-state index is 5.81. The Bertz CT molecular complexity index is 676. The summed E-state index contributed by atoms with van der Waals surface area (Å²) >= 11 is 7.46. The molecule has 0 radical (unpaired) electrons. The zero-order chi connectivity index (χ0) is 11.8. The molecule has 2 heterocycles. The van der Waals surface area contributed by atoms with E-state index in [0.717, 1.165) is 10.2 Å². The lowest BCUT2D eigenvalue weighted by molar-refractivity contribution is 1.23. The predicted octanol–water partition coefficient (Wildman–Crippen LogP) is 4.32. The van der Waals surface area contributed by atoms with E-state index in [2.05, 4.69) is 29.0 Å². The van der Waals surface area contributed by atoms with Crippen molar-refractivity contribution in [3.8, 4) is 11.1 Å². The topological polar surface area (TPSA) is 25.8 Å². The van der Waals surface area contributed by atoms with Gasteiger partial charge in [0.15, 0.2) is 0 Å². The fourth-order valence-electron chi connectivity index (χ4n) is 1.94. The number of hydrogen-bond donors (Lipinski definition) is 0. The second-order valence-corrected chi connectivity index (χ2v) is 5.30. The summed E-state index contributed by atoms with van der Waals surface area (Å²) in [6.45, 7) is 2.10. The van der Waals surface area contributed by atoms with Crippen LogP contribution in [-0.2, 0) is 0 Å². The molecule has 0 saturated carbocycles. The quantitative estimate of drug-likeness (QED) is 0.609. The maximum atomic E-state index is 5.81. The van der Waals surface area contributed by atoms with E-state index in [-0.39, 0.29) is 0 Å². The van der Waals surface area contributed by atoms with Gasteiger partial charge in [0.2, 0.25) is 5.28 Å². The van der Waals surface area contributed by atoms with Crippen molar-refractivity contribution in [2.75, 3.05) is 0 Å². The summed E-state index contributed by atoms with van der Waals surface area (Å²) in [5.41, 5.74) is 2.41. The highest BCUT2D eigenvalue weighted by molar-refractivity contribution is 7.19. The summed E-state index contributed by atoms with van der Waals surface area (Å²) in [7, 11) is 0. The van der Waals surface area contributed by atoms with Crippen LogP contribution >= 0.6 is 22.9 Å². The molecule has 0 atom stereocenters. The summed E-state index contributed by atoms with van der Waals surface area (Å²) in [4.78, 5) is 10.5. The molecule has 0 unspecified atom stereocenters. The van der Waals surface area contributed by atoms with Crippen LogP contribution in [0.3, 0.4) is 0 Å². The Labute approximate surface area is 108 Å². The standard InChI is InChI=1S/C13H9ClN2S/c1-8-11(9-5-3-2-4-6-9)10-7-15-13(14)16-12(10)17-8/h2-7H,1H3. The van der Waals surface area contributed by atoms with Crippen LogP contribution in [-0.4, -0.2) is 9.97 Å². The number of hydrogen-bond acceptors (Lipinski definition) is 3. The molecule has 1 aromatic carbocycles. The summed E-state index contributed by atoms with van der Waals surface area (Å²) in [5, 5.41) is 1.38. The third-order valence-electron chi connectivity index (χ3n) is 2.66. The van der Waals surface area contributed by atoms with Gasteiger partial charge in [-0.25, -0.2) is 9.97 Å². The first-order valence-corrected chi connectivity index (χ1v) is 6.42. The van der Waals surface area contributed by atoms with Crippen LogP contribution in [0.5, 0.6) is 0 Å². The van der Waals surface area contributed by atoms with Gasteiger partial charge in [0.25, 0.3) is 0 Å². The lowest BCUT2D eigenvalue weighted by Gasteiger charge is -2.00. The molecule has 0 bridgehead atoms. The Morgan fingerprint density at radius 1 is 1.18 bits per heavy atom. The van der Waals surface area contributed by atoms with Crippen LogP contribution in [0.25, 0.3) is 21.3 Å². The summed E-state index contributed by atoms with van der Waals surface area (Å²) in [5.74, 6) is 0. The Morgan fingerprint density at radius 3 is 2.71 bits per heavy atom. The number of thiophene rings is 1. The van der Waals surface area contributed by atoms with E-state index >= 15 is 0 Å². The van der Waals surface area contributed by atoms with E-state index in [1.807, 2.05) is 18.2 Å². The van der Waals surface area contributed by atoms with Crippen molar-refractivity contribution in [1.82, 2.24) is 9.97 Å².